The zero-order valence-corrected chi connectivity index (χ0v) is 9.94. The predicted octanol–water partition coefficient (Wildman–Crippen LogP) is 3.43. The van der Waals surface area contributed by atoms with Crippen molar-refractivity contribution in [2.45, 2.75) is 6.61 Å². The number of hydrogen-bond acceptors (Lipinski definition) is 3. The van der Waals surface area contributed by atoms with Crippen molar-refractivity contribution in [3.05, 3.63) is 52.4 Å². The number of ether oxygens (including phenoxy) is 1. The normalized spacial score (nSPS) is 10.1. The van der Waals surface area contributed by atoms with E-state index in [2.05, 4.69) is 15.9 Å². The fraction of sp³-hybridized carbons (Fsp3) is 0.0833. The first-order valence-electron chi connectivity index (χ1n) is 4.69. The summed E-state index contributed by atoms with van der Waals surface area (Å²) in [7, 11) is 0. The summed E-state index contributed by atoms with van der Waals surface area (Å²) in [6, 6.07) is 8.81. The fourth-order valence-corrected chi connectivity index (χ4v) is 1.76. The number of benzene rings is 1. The quantitative estimate of drug-likeness (QED) is 0.806. The largest absolute Gasteiger partial charge is 0.484 e. The summed E-state index contributed by atoms with van der Waals surface area (Å²) < 4.78 is 11.4. The van der Waals surface area contributed by atoms with Crippen LogP contribution in [-0.4, -0.2) is 6.29 Å². The molecule has 0 radical (unpaired) electrons. The first-order valence-corrected chi connectivity index (χ1v) is 5.49. The Bertz CT molecular complexity index is 477. The van der Waals surface area contributed by atoms with Crippen LogP contribution in [0.1, 0.15) is 16.1 Å². The summed E-state index contributed by atoms with van der Waals surface area (Å²) in [6.07, 6.45) is 2.39. The summed E-state index contributed by atoms with van der Waals surface area (Å²) in [5, 5.41) is 0. The third kappa shape index (κ3) is 2.52. The average Bonchev–Trinajstić information content (AvgIpc) is 2.80. The van der Waals surface area contributed by atoms with E-state index in [9.17, 15) is 4.79 Å². The Hall–Kier alpha value is -1.55. The Morgan fingerprint density at radius 3 is 2.88 bits per heavy atom. The van der Waals surface area contributed by atoms with Crippen LogP contribution in [0.3, 0.4) is 0 Å². The first-order chi connectivity index (χ1) is 7.79. The van der Waals surface area contributed by atoms with Crippen molar-refractivity contribution in [1.82, 2.24) is 0 Å². The number of hydrogen-bond donors (Lipinski definition) is 0. The van der Waals surface area contributed by atoms with Crippen molar-refractivity contribution in [2.75, 3.05) is 0 Å². The smallest absolute Gasteiger partial charge is 0.150 e. The number of carbonyl (C=O) groups excluding carboxylic acids is 1. The molecule has 3 nitrogen and oxygen atoms in total. The molecular formula is C12H9BrO3. The highest BCUT2D eigenvalue weighted by atomic mass is 79.9. The third-order valence-electron chi connectivity index (χ3n) is 2.04. The second-order valence-electron chi connectivity index (χ2n) is 3.18. The lowest BCUT2D eigenvalue weighted by molar-refractivity contribution is 0.112. The van der Waals surface area contributed by atoms with E-state index in [0.29, 0.717) is 17.9 Å². The van der Waals surface area contributed by atoms with Gasteiger partial charge < -0.3 is 9.15 Å². The minimum absolute atomic E-state index is 0.367. The number of aldehydes is 1. The molecule has 0 atom stereocenters. The van der Waals surface area contributed by atoms with E-state index in [0.717, 1.165) is 16.5 Å². The van der Waals surface area contributed by atoms with E-state index in [1.54, 1.807) is 24.5 Å². The first kappa shape index (κ1) is 11.0. The van der Waals surface area contributed by atoms with Crippen LogP contribution < -0.4 is 4.74 Å². The zero-order valence-electron chi connectivity index (χ0n) is 8.35. The van der Waals surface area contributed by atoms with Crippen LogP contribution in [0.5, 0.6) is 5.75 Å². The lowest BCUT2D eigenvalue weighted by atomic mass is 10.2. The van der Waals surface area contributed by atoms with Gasteiger partial charge in [-0.15, -0.1) is 0 Å². The Balaban J connectivity index is 2.07. The van der Waals surface area contributed by atoms with Gasteiger partial charge in [0.2, 0.25) is 0 Å². The molecular weight excluding hydrogens is 272 g/mol. The van der Waals surface area contributed by atoms with E-state index in [1.807, 2.05) is 12.1 Å². The minimum Gasteiger partial charge on any atom is -0.484 e. The van der Waals surface area contributed by atoms with Gasteiger partial charge >= 0.3 is 0 Å². The number of rotatable bonds is 4. The molecule has 0 unspecified atom stereocenters. The summed E-state index contributed by atoms with van der Waals surface area (Å²) in [6.45, 7) is 0.367. The van der Waals surface area contributed by atoms with Crippen LogP contribution in [-0.2, 0) is 6.61 Å². The van der Waals surface area contributed by atoms with Crippen LogP contribution in [0, 0.1) is 0 Å². The summed E-state index contributed by atoms with van der Waals surface area (Å²) in [5.74, 6) is 1.44. The van der Waals surface area contributed by atoms with Gasteiger partial charge in [-0.1, -0.05) is 0 Å². The molecule has 0 aliphatic carbocycles. The molecule has 0 fully saturated rings. The molecule has 2 aromatic rings. The fourth-order valence-electron chi connectivity index (χ4n) is 1.25. The summed E-state index contributed by atoms with van der Waals surface area (Å²) in [5.41, 5.74) is 0.609. The molecule has 16 heavy (non-hydrogen) atoms. The monoisotopic (exact) mass is 280 g/mol. The van der Waals surface area contributed by atoms with Crippen molar-refractivity contribution in [3.63, 3.8) is 0 Å². The standard InChI is InChI=1S/C12H9BrO3/c13-11-6-9(7-14)3-4-12(11)16-8-10-2-1-5-15-10/h1-7H,8H2. The highest BCUT2D eigenvalue weighted by Gasteiger charge is 2.03. The van der Waals surface area contributed by atoms with Crippen molar-refractivity contribution in [2.24, 2.45) is 0 Å². The van der Waals surface area contributed by atoms with Gasteiger partial charge in [0.25, 0.3) is 0 Å². The van der Waals surface area contributed by atoms with Gasteiger partial charge in [-0.05, 0) is 46.3 Å². The number of carbonyl (C=O) groups is 1. The molecule has 4 heteroatoms. The molecule has 0 bridgehead atoms. The van der Waals surface area contributed by atoms with E-state index in [4.69, 9.17) is 9.15 Å². The van der Waals surface area contributed by atoms with Gasteiger partial charge in [0.05, 0.1) is 10.7 Å². The molecule has 0 spiro atoms. The number of halogens is 1. The van der Waals surface area contributed by atoms with Gasteiger partial charge in [0, 0.05) is 5.56 Å². The van der Waals surface area contributed by atoms with Crippen LogP contribution >= 0.6 is 15.9 Å². The molecule has 0 amide bonds. The lowest BCUT2D eigenvalue weighted by Gasteiger charge is -2.06. The van der Waals surface area contributed by atoms with Gasteiger partial charge in [-0.25, -0.2) is 0 Å². The van der Waals surface area contributed by atoms with Crippen molar-refractivity contribution >= 4 is 22.2 Å². The molecule has 2 rings (SSSR count). The average molecular weight is 281 g/mol. The maximum absolute atomic E-state index is 10.5. The minimum atomic E-state index is 0.367. The third-order valence-corrected chi connectivity index (χ3v) is 2.66. The van der Waals surface area contributed by atoms with Crippen LogP contribution in [0.15, 0.2) is 45.5 Å². The highest BCUT2D eigenvalue weighted by Crippen LogP contribution is 2.26. The van der Waals surface area contributed by atoms with Gasteiger partial charge in [0.1, 0.15) is 24.4 Å². The van der Waals surface area contributed by atoms with Gasteiger partial charge in [0.15, 0.2) is 0 Å². The molecule has 0 saturated carbocycles. The number of furan rings is 1. The second-order valence-corrected chi connectivity index (χ2v) is 4.03. The van der Waals surface area contributed by atoms with Crippen molar-refractivity contribution in [3.8, 4) is 5.75 Å². The maximum atomic E-state index is 10.5. The van der Waals surface area contributed by atoms with Crippen molar-refractivity contribution < 1.29 is 13.9 Å². The summed E-state index contributed by atoms with van der Waals surface area (Å²) >= 11 is 3.34. The van der Waals surface area contributed by atoms with Crippen LogP contribution in [0.2, 0.25) is 0 Å². The molecule has 82 valence electrons. The Kier molecular flexibility index (Phi) is 3.41. The SMILES string of the molecule is O=Cc1ccc(OCc2ccco2)c(Br)c1. The van der Waals surface area contributed by atoms with Crippen LogP contribution in [0.4, 0.5) is 0 Å². The molecule has 0 aliphatic rings. The Morgan fingerprint density at radius 1 is 1.38 bits per heavy atom. The Morgan fingerprint density at radius 2 is 2.25 bits per heavy atom. The Labute approximate surface area is 101 Å². The molecule has 0 aliphatic heterocycles. The zero-order chi connectivity index (χ0) is 11.4. The molecule has 1 heterocycles. The molecule has 1 aromatic carbocycles. The van der Waals surface area contributed by atoms with Crippen LogP contribution in [0.25, 0.3) is 0 Å². The topological polar surface area (TPSA) is 39.4 Å². The maximum Gasteiger partial charge on any atom is 0.150 e. The highest BCUT2D eigenvalue weighted by molar-refractivity contribution is 9.10. The van der Waals surface area contributed by atoms with Gasteiger partial charge in [-0.2, -0.15) is 0 Å². The second kappa shape index (κ2) is 4.99. The predicted molar refractivity (Wildman–Crippen MR) is 62.6 cm³/mol. The summed E-state index contributed by atoms with van der Waals surface area (Å²) in [4.78, 5) is 10.5. The lowest BCUT2D eigenvalue weighted by Crippen LogP contribution is -1.94. The van der Waals surface area contributed by atoms with E-state index >= 15 is 0 Å². The van der Waals surface area contributed by atoms with E-state index in [1.165, 1.54) is 0 Å². The molecule has 0 saturated heterocycles. The molecule has 1 aromatic heterocycles. The van der Waals surface area contributed by atoms with E-state index < -0.39 is 0 Å². The molecule has 0 N–H and O–H groups in total. The van der Waals surface area contributed by atoms with Gasteiger partial charge in [-0.3, -0.25) is 4.79 Å². The van der Waals surface area contributed by atoms with Crippen molar-refractivity contribution in [1.29, 1.82) is 0 Å². The van der Waals surface area contributed by atoms with E-state index in [-0.39, 0.29) is 0 Å².